The molecule has 0 bridgehead atoms. The van der Waals surface area contributed by atoms with Gasteiger partial charge >= 0.3 is 11.9 Å². The lowest BCUT2D eigenvalue weighted by Crippen LogP contribution is -2.28. The average Bonchev–Trinajstić information content (AvgIpc) is 2.75. The van der Waals surface area contributed by atoms with Crippen LogP contribution >= 0.6 is 0 Å². The Kier molecular flexibility index (Phi) is 8.78. The predicted octanol–water partition coefficient (Wildman–Crippen LogP) is 1.59. The summed E-state index contributed by atoms with van der Waals surface area (Å²) in [6.45, 7) is 3.47. The van der Waals surface area contributed by atoms with Gasteiger partial charge in [0.25, 0.3) is 5.91 Å². The third-order valence-corrected chi connectivity index (χ3v) is 3.92. The van der Waals surface area contributed by atoms with Crippen molar-refractivity contribution < 1.29 is 23.9 Å². The number of carbonyl (C=O) groups is 3. The molecule has 2 aromatic carbocycles. The lowest BCUT2D eigenvalue weighted by Gasteiger charge is -2.07. The zero-order valence-corrected chi connectivity index (χ0v) is 16.9. The highest BCUT2D eigenvalue weighted by atomic mass is 16.5. The summed E-state index contributed by atoms with van der Waals surface area (Å²) in [5.41, 5.74) is 12.3. The Morgan fingerprint density at radius 2 is 1.71 bits per heavy atom. The van der Waals surface area contributed by atoms with Crippen LogP contribution in [0.3, 0.4) is 0 Å². The minimum absolute atomic E-state index is 0.0716. The number of ether oxygens (including phenoxy) is 2. The van der Waals surface area contributed by atoms with Gasteiger partial charge in [-0.25, -0.2) is 9.79 Å². The van der Waals surface area contributed by atoms with Crippen molar-refractivity contribution in [2.45, 2.75) is 12.8 Å². The summed E-state index contributed by atoms with van der Waals surface area (Å²) in [5, 5.41) is 2.51. The van der Waals surface area contributed by atoms with Crippen LogP contribution in [-0.2, 0) is 20.7 Å². The Bertz CT molecular complexity index is 949. The molecule has 0 aromatic heterocycles. The molecule has 2 aromatic rings. The van der Waals surface area contributed by atoms with Crippen molar-refractivity contribution in [3.63, 3.8) is 0 Å². The first kappa shape index (κ1) is 23.1. The lowest BCUT2D eigenvalue weighted by molar-refractivity contribution is -0.148. The van der Waals surface area contributed by atoms with Crippen LogP contribution < -0.4 is 21.5 Å². The fraction of sp³-hybridized carbons (Fsp3) is 0.182. The molecule has 0 aliphatic rings. The summed E-state index contributed by atoms with van der Waals surface area (Å²) in [6.07, 6.45) is 2.08. The van der Waals surface area contributed by atoms with Gasteiger partial charge in [0.05, 0.1) is 11.3 Å². The number of nitrogens with one attached hydrogen (secondary N) is 1. The van der Waals surface area contributed by atoms with Crippen LogP contribution in [0.2, 0.25) is 0 Å². The zero-order valence-electron chi connectivity index (χ0n) is 16.9. The van der Waals surface area contributed by atoms with E-state index in [4.69, 9.17) is 20.9 Å². The average molecular weight is 424 g/mol. The smallest absolute Gasteiger partial charge is 0.343 e. The van der Waals surface area contributed by atoms with Gasteiger partial charge in [-0.15, -0.1) is 6.58 Å². The molecule has 162 valence electrons. The number of nitrogens with zero attached hydrogens (tertiary/aromatic N) is 1. The summed E-state index contributed by atoms with van der Waals surface area (Å²) < 4.78 is 10.2. The number of amides is 1. The van der Waals surface area contributed by atoms with Gasteiger partial charge in [0.15, 0.2) is 12.6 Å². The standard InChI is InChI=1S/C22H24N4O5/c1-2-13-25-19(27)14-30-20(28)12-5-15-3-10-18(11-4-15)31-21(29)16-6-8-17(9-7-16)26-22(23)24/h2-4,6-11H,1,5,12-14H2,(H,25,27)(H4,23,24,26). The number of hydrogen-bond acceptors (Lipinski definition) is 6. The number of carbonyl (C=O) groups excluding carboxylic acids is 3. The number of hydrogen-bond donors (Lipinski definition) is 3. The third kappa shape index (κ3) is 8.40. The second kappa shape index (κ2) is 11.8. The van der Waals surface area contributed by atoms with Gasteiger partial charge in [-0.1, -0.05) is 18.2 Å². The second-order valence-corrected chi connectivity index (χ2v) is 6.37. The van der Waals surface area contributed by atoms with Crippen molar-refractivity contribution in [3.05, 3.63) is 72.3 Å². The number of aliphatic imine (C=N–C) groups is 1. The van der Waals surface area contributed by atoms with Crippen molar-refractivity contribution in [1.29, 1.82) is 0 Å². The highest BCUT2D eigenvalue weighted by Crippen LogP contribution is 2.17. The number of guanidine groups is 1. The maximum Gasteiger partial charge on any atom is 0.343 e. The van der Waals surface area contributed by atoms with E-state index >= 15 is 0 Å². The molecule has 5 N–H and O–H groups in total. The molecular weight excluding hydrogens is 400 g/mol. The summed E-state index contributed by atoms with van der Waals surface area (Å²) in [5.74, 6) is -1.10. The van der Waals surface area contributed by atoms with Crippen LogP contribution in [0.25, 0.3) is 0 Å². The van der Waals surface area contributed by atoms with Crippen molar-refractivity contribution in [2.75, 3.05) is 13.2 Å². The van der Waals surface area contributed by atoms with Gasteiger partial charge in [-0.3, -0.25) is 9.59 Å². The van der Waals surface area contributed by atoms with E-state index in [9.17, 15) is 14.4 Å². The van der Waals surface area contributed by atoms with Crippen molar-refractivity contribution in [3.8, 4) is 5.75 Å². The number of aryl methyl sites for hydroxylation is 1. The molecule has 31 heavy (non-hydrogen) atoms. The second-order valence-electron chi connectivity index (χ2n) is 6.37. The molecule has 0 heterocycles. The minimum Gasteiger partial charge on any atom is -0.456 e. The SMILES string of the molecule is C=CCNC(=O)COC(=O)CCc1ccc(OC(=O)c2ccc(N=C(N)N)cc2)cc1. The minimum atomic E-state index is -0.526. The normalized spacial score (nSPS) is 9.94. The Hall–Kier alpha value is -4.14. The summed E-state index contributed by atoms with van der Waals surface area (Å²) in [6, 6.07) is 13.1. The first-order valence-electron chi connectivity index (χ1n) is 9.41. The van der Waals surface area contributed by atoms with Crippen LogP contribution in [-0.4, -0.2) is 37.0 Å². The van der Waals surface area contributed by atoms with Gasteiger partial charge in [-0.2, -0.15) is 0 Å². The van der Waals surface area contributed by atoms with Gasteiger partial charge in [0.1, 0.15) is 5.75 Å². The van der Waals surface area contributed by atoms with E-state index in [0.29, 0.717) is 30.0 Å². The molecular formula is C22H24N4O5. The monoisotopic (exact) mass is 424 g/mol. The van der Waals surface area contributed by atoms with Crippen LogP contribution in [0.15, 0.2) is 66.2 Å². The molecule has 1 amide bonds. The Labute approximate surface area is 179 Å². The van der Waals surface area contributed by atoms with Gasteiger partial charge in [-0.05, 0) is 48.4 Å². The fourth-order valence-electron chi connectivity index (χ4n) is 2.41. The summed E-state index contributed by atoms with van der Waals surface area (Å²) in [7, 11) is 0. The predicted molar refractivity (Wildman–Crippen MR) is 116 cm³/mol. The number of nitrogens with two attached hydrogens (primary N) is 2. The van der Waals surface area contributed by atoms with Gasteiger partial charge in [0, 0.05) is 13.0 Å². The van der Waals surface area contributed by atoms with Crippen LogP contribution in [0.4, 0.5) is 5.69 Å². The molecule has 0 unspecified atom stereocenters. The first-order chi connectivity index (χ1) is 14.9. The topological polar surface area (TPSA) is 146 Å². The zero-order chi connectivity index (χ0) is 22.6. The van der Waals surface area contributed by atoms with Crippen molar-refractivity contribution in [2.24, 2.45) is 16.5 Å². The first-order valence-corrected chi connectivity index (χ1v) is 9.41. The molecule has 0 spiro atoms. The molecule has 9 nitrogen and oxygen atoms in total. The molecule has 9 heteroatoms. The molecule has 0 aliphatic heterocycles. The van der Waals surface area contributed by atoms with Gasteiger partial charge in [0.2, 0.25) is 0 Å². The van der Waals surface area contributed by atoms with Crippen molar-refractivity contribution >= 4 is 29.5 Å². The van der Waals surface area contributed by atoms with E-state index in [-0.39, 0.29) is 24.9 Å². The highest BCUT2D eigenvalue weighted by molar-refractivity contribution is 5.91. The summed E-state index contributed by atoms with van der Waals surface area (Å²) in [4.78, 5) is 39.2. The lowest BCUT2D eigenvalue weighted by atomic mass is 10.1. The Morgan fingerprint density at radius 3 is 2.32 bits per heavy atom. The van der Waals surface area contributed by atoms with Crippen LogP contribution in [0.1, 0.15) is 22.3 Å². The molecule has 0 fully saturated rings. The highest BCUT2D eigenvalue weighted by Gasteiger charge is 2.10. The van der Waals surface area contributed by atoms with Gasteiger partial charge < -0.3 is 26.3 Å². The fourth-order valence-corrected chi connectivity index (χ4v) is 2.41. The molecule has 0 atom stereocenters. The Morgan fingerprint density at radius 1 is 1.03 bits per heavy atom. The van der Waals surface area contributed by atoms with E-state index in [2.05, 4.69) is 16.9 Å². The van der Waals surface area contributed by atoms with Crippen LogP contribution in [0.5, 0.6) is 5.75 Å². The molecule has 2 rings (SSSR count). The van der Waals surface area contributed by atoms with Crippen LogP contribution in [0, 0.1) is 0 Å². The van der Waals surface area contributed by atoms with E-state index in [1.165, 1.54) is 6.08 Å². The third-order valence-electron chi connectivity index (χ3n) is 3.92. The van der Waals surface area contributed by atoms with E-state index in [1.807, 2.05) is 0 Å². The molecule has 0 saturated heterocycles. The summed E-state index contributed by atoms with van der Waals surface area (Å²) >= 11 is 0. The van der Waals surface area contributed by atoms with E-state index in [1.54, 1.807) is 48.5 Å². The number of benzene rings is 2. The van der Waals surface area contributed by atoms with E-state index in [0.717, 1.165) is 5.56 Å². The van der Waals surface area contributed by atoms with E-state index < -0.39 is 11.9 Å². The molecule has 0 saturated carbocycles. The number of rotatable bonds is 10. The molecule has 0 aliphatic carbocycles. The Balaban J connectivity index is 1.80. The number of esters is 2. The maximum atomic E-state index is 12.2. The molecule has 0 radical (unpaired) electrons. The largest absolute Gasteiger partial charge is 0.456 e. The maximum absolute atomic E-state index is 12.2. The van der Waals surface area contributed by atoms with Crippen molar-refractivity contribution in [1.82, 2.24) is 5.32 Å². The quantitative estimate of drug-likeness (QED) is 0.173.